The van der Waals surface area contributed by atoms with E-state index in [2.05, 4.69) is 15.6 Å². The molecular weight excluding hydrogens is 352 g/mol. The van der Waals surface area contributed by atoms with Crippen LogP contribution >= 0.6 is 0 Å². The van der Waals surface area contributed by atoms with Gasteiger partial charge in [-0.2, -0.15) is 0 Å². The summed E-state index contributed by atoms with van der Waals surface area (Å²) in [5.74, 6) is -1.70. The van der Waals surface area contributed by atoms with Crippen molar-refractivity contribution >= 4 is 17.3 Å². The number of carbonyl (C=O) groups is 1. The first-order chi connectivity index (χ1) is 13.0. The van der Waals surface area contributed by atoms with E-state index in [9.17, 15) is 13.6 Å². The largest absolute Gasteiger partial charge is 0.497 e. The van der Waals surface area contributed by atoms with E-state index in [1.54, 1.807) is 19.4 Å². The number of anilines is 2. The lowest BCUT2D eigenvalue weighted by atomic mass is 10.2. The summed E-state index contributed by atoms with van der Waals surface area (Å²) in [6, 6.07) is 12.4. The topological polar surface area (TPSA) is 63.2 Å². The fraction of sp³-hybridized carbons (Fsp3) is 0.100. The maximum Gasteiger partial charge on any atom is 0.257 e. The van der Waals surface area contributed by atoms with Gasteiger partial charge in [-0.05, 0) is 35.9 Å². The number of ether oxygens (including phenoxy) is 1. The molecule has 138 valence electrons. The van der Waals surface area contributed by atoms with Gasteiger partial charge in [0.1, 0.15) is 5.75 Å². The summed E-state index contributed by atoms with van der Waals surface area (Å²) in [6.07, 6.45) is 2.99. The van der Waals surface area contributed by atoms with Gasteiger partial charge >= 0.3 is 0 Å². The van der Waals surface area contributed by atoms with Crippen LogP contribution in [0.15, 0.2) is 60.9 Å². The van der Waals surface area contributed by atoms with E-state index < -0.39 is 17.5 Å². The van der Waals surface area contributed by atoms with Crippen molar-refractivity contribution in [3.63, 3.8) is 0 Å². The molecule has 0 aliphatic carbocycles. The maximum absolute atomic E-state index is 13.2. The first kappa shape index (κ1) is 18.3. The van der Waals surface area contributed by atoms with Crippen LogP contribution in [0.2, 0.25) is 0 Å². The van der Waals surface area contributed by atoms with Crippen LogP contribution < -0.4 is 15.4 Å². The molecule has 7 heteroatoms. The van der Waals surface area contributed by atoms with Crippen molar-refractivity contribution < 1.29 is 18.3 Å². The average Bonchev–Trinajstić information content (AvgIpc) is 2.70. The minimum absolute atomic E-state index is 0.162. The molecule has 0 radical (unpaired) electrons. The number of pyridine rings is 1. The summed E-state index contributed by atoms with van der Waals surface area (Å²) < 4.78 is 31.3. The molecule has 0 atom stereocenters. The van der Waals surface area contributed by atoms with Gasteiger partial charge in [0.15, 0.2) is 11.6 Å². The van der Waals surface area contributed by atoms with Crippen LogP contribution in [0.5, 0.6) is 5.75 Å². The molecule has 0 spiro atoms. The zero-order valence-corrected chi connectivity index (χ0v) is 14.5. The summed E-state index contributed by atoms with van der Waals surface area (Å²) in [5, 5.41) is 5.69. The highest BCUT2D eigenvalue weighted by Crippen LogP contribution is 2.17. The van der Waals surface area contributed by atoms with Crippen molar-refractivity contribution in [2.45, 2.75) is 6.54 Å². The lowest BCUT2D eigenvalue weighted by molar-refractivity contribution is 0.102. The van der Waals surface area contributed by atoms with Crippen molar-refractivity contribution in [1.29, 1.82) is 0 Å². The molecule has 27 heavy (non-hydrogen) atoms. The SMILES string of the molecule is COc1ccc(CNc2cncc(C(=O)Nc3ccc(F)c(F)c3)c2)cc1. The molecule has 1 heterocycles. The Labute approximate surface area is 155 Å². The van der Waals surface area contributed by atoms with Crippen molar-refractivity contribution in [2.24, 2.45) is 0 Å². The van der Waals surface area contributed by atoms with Gasteiger partial charge in [0.25, 0.3) is 5.91 Å². The molecule has 0 bridgehead atoms. The van der Waals surface area contributed by atoms with Gasteiger partial charge < -0.3 is 15.4 Å². The molecule has 0 unspecified atom stereocenters. The third-order valence-electron chi connectivity index (χ3n) is 3.83. The number of halogens is 2. The summed E-state index contributed by atoms with van der Waals surface area (Å²) >= 11 is 0. The predicted octanol–water partition coefficient (Wildman–Crippen LogP) is 4.23. The number of benzene rings is 2. The molecule has 2 N–H and O–H groups in total. The van der Waals surface area contributed by atoms with Crippen LogP contribution in [0.25, 0.3) is 0 Å². The molecule has 0 aliphatic rings. The predicted molar refractivity (Wildman–Crippen MR) is 98.9 cm³/mol. The Morgan fingerprint density at radius 3 is 2.48 bits per heavy atom. The van der Waals surface area contributed by atoms with E-state index in [1.807, 2.05) is 24.3 Å². The van der Waals surface area contributed by atoms with Crippen LogP contribution in [0.3, 0.4) is 0 Å². The monoisotopic (exact) mass is 369 g/mol. The van der Waals surface area contributed by atoms with E-state index in [0.717, 1.165) is 23.4 Å². The summed E-state index contributed by atoms with van der Waals surface area (Å²) in [5.41, 5.74) is 2.14. The van der Waals surface area contributed by atoms with Gasteiger partial charge in [-0.3, -0.25) is 9.78 Å². The Bertz CT molecular complexity index is 946. The van der Waals surface area contributed by atoms with Gasteiger partial charge in [-0.25, -0.2) is 8.78 Å². The Hall–Kier alpha value is -3.48. The maximum atomic E-state index is 13.2. The Morgan fingerprint density at radius 2 is 1.78 bits per heavy atom. The number of carbonyl (C=O) groups excluding carboxylic acids is 1. The van der Waals surface area contributed by atoms with Crippen LogP contribution in [-0.2, 0) is 6.54 Å². The number of amides is 1. The second-order valence-corrected chi connectivity index (χ2v) is 5.75. The quantitative estimate of drug-likeness (QED) is 0.682. The number of rotatable bonds is 6. The number of hydrogen-bond acceptors (Lipinski definition) is 4. The summed E-state index contributed by atoms with van der Waals surface area (Å²) in [6.45, 7) is 0.542. The zero-order valence-electron chi connectivity index (χ0n) is 14.5. The average molecular weight is 369 g/mol. The lowest BCUT2D eigenvalue weighted by Gasteiger charge is -2.09. The van der Waals surface area contributed by atoms with Gasteiger partial charge in [0.2, 0.25) is 0 Å². The van der Waals surface area contributed by atoms with E-state index in [1.165, 1.54) is 12.3 Å². The molecule has 0 saturated heterocycles. The molecule has 2 aromatic carbocycles. The third-order valence-corrected chi connectivity index (χ3v) is 3.83. The number of nitrogens with zero attached hydrogens (tertiary/aromatic N) is 1. The van der Waals surface area contributed by atoms with Gasteiger partial charge in [0.05, 0.1) is 18.4 Å². The van der Waals surface area contributed by atoms with Crippen molar-refractivity contribution in [3.05, 3.63) is 83.7 Å². The van der Waals surface area contributed by atoms with Crippen LogP contribution in [0, 0.1) is 11.6 Å². The minimum atomic E-state index is -1.03. The van der Waals surface area contributed by atoms with Crippen LogP contribution in [0.4, 0.5) is 20.2 Å². The second kappa shape index (κ2) is 8.27. The Balaban J connectivity index is 1.65. The molecule has 0 aliphatic heterocycles. The first-order valence-electron chi connectivity index (χ1n) is 8.13. The van der Waals surface area contributed by atoms with Crippen molar-refractivity contribution in [3.8, 4) is 5.75 Å². The van der Waals surface area contributed by atoms with Gasteiger partial charge in [0, 0.05) is 30.7 Å². The molecule has 1 aromatic heterocycles. The fourth-order valence-electron chi connectivity index (χ4n) is 2.39. The summed E-state index contributed by atoms with van der Waals surface area (Å²) in [7, 11) is 1.61. The molecule has 0 fully saturated rings. The van der Waals surface area contributed by atoms with Crippen LogP contribution in [0.1, 0.15) is 15.9 Å². The van der Waals surface area contributed by atoms with E-state index in [0.29, 0.717) is 17.8 Å². The van der Waals surface area contributed by atoms with Crippen LogP contribution in [-0.4, -0.2) is 18.0 Å². The number of methoxy groups -OCH3 is 1. The highest BCUT2D eigenvalue weighted by Gasteiger charge is 2.10. The zero-order chi connectivity index (χ0) is 19.2. The highest BCUT2D eigenvalue weighted by atomic mass is 19.2. The van der Waals surface area contributed by atoms with E-state index in [-0.39, 0.29) is 5.69 Å². The minimum Gasteiger partial charge on any atom is -0.497 e. The van der Waals surface area contributed by atoms with Gasteiger partial charge in [-0.15, -0.1) is 0 Å². The van der Waals surface area contributed by atoms with E-state index >= 15 is 0 Å². The highest BCUT2D eigenvalue weighted by molar-refractivity contribution is 6.04. The summed E-state index contributed by atoms with van der Waals surface area (Å²) in [4.78, 5) is 16.3. The standard InChI is InChI=1S/C20H17F2N3O2/c1-27-17-5-2-13(3-6-17)10-24-16-8-14(11-23-12-16)20(26)25-15-4-7-18(21)19(22)9-15/h2-9,11-12,24H,10H2,1H3,(H,25,26). The Morgan fingerprint density at radius 1 is 1.00 bits per heavy atom. The number of nitrogens with one attached hydrogen (secondary N) is 2. The smallest absolute Gasteiger partial charge is 0.257 e. The van der Waals surface area contributed by atoms with Crippen molar-refractivity contribution in [2.75, 3.05) is 17.7 Å². The second-order valence-electron chi connectivity index (χ2n) is 5.75. The molecule has 5 nitrogen and oxygen atoms in total. The first-order valence-corrected chi connectivity index (χ1v) is 8.13. The fourth-order valence-corrected chi connectivity index (χ4v) is 2.39. The Kier molecular flexibility index (Phi) is 5.61. The molecular formula is C20H17F2N3O2. The van der Waals surface area contributed by atoms with Gasteiger partial charge in [-0.1, -0.05) is 12.1 Å². The normalized spacial score (nSPS) is 10.3. The molecule has 1 amide bonds. The molecule has 3 rings (SSSR count). The molecule has 3 aromatic rings. The van der Waals surface area contributed by atoms with Crippen molar-refractivity contribution in [1.82, 2.24) is 4.98 Å². The van der Waals surface area contributed by atoms with E-state index in [4.69, 9.17) is 4.74 Å². The number of aromatic nitrogens is 1. The molecule has 0 saturated carbocycles. The third kappa shape index (κ3) is 4.78. The lowest BCUT2D eigenvalue weighted by Crippen LogP contribution is -2.13. The number of hydrogen-bond donors (Lipinski definition) is 2.